The molecule has 24 heavy (non-hydrogen) atoms. The Labute approximate surface area is 146 Å². The van der Waals surface area contributed by atoms with Crippen LogP contribution in [0, 0.1) is 6.92 Å². The fourth-order valence-corrected chi connectivity index (χ4v) is 3.14. The maximum absolute atomic E-state index is 6.21. The third-order valence-corrected chi connectivity index (χ3v) is 4.79. The van der Waals surface area contributed by atoms with Crippen LogP contribution in [0.25, 0.3) is 11.4 Å². The third kappa shape index (κ3) is 3.54. The van der Waals surface area contributed by atoms with E-state index in [2.05, 4.69) is 47.5 Å². The number of thioether (sulfide) groups is 1. The number of hydrogen-bond donors (Lipinski definition) is 1. The molecule has 3 aromatic rings. The summed E-state index contributed by atoms with van der Waals surface area (Å²) in [6.07, 6.45) is 0. The number of nitrogens with two attached hydrogens (primary N) is 1. The highest BCUT2D eigenvalue weighted by atomic mass is 32.2. The lowest BCUT2D eigenvalue weighted by atomic mass is 10.2. The van der Waals surface area contributed by atoms with Crippen molar-refractivity contribution in [2.24, 2.45) is 0 Å². The van der Waals surface area contributed by atoms with Crippen LogP contribution in [-0.2, 0) is 5.75 Å². The van der Waals surface area contributed by atoms with Crippen LogP contribution in [0.4, 0.5) is 5.69 Å². The first kappa shape index (κ1) is 16.4. The number of aromatic nitrogens is 3. The highest BCUT2D eigenvalue weighted by Crippen LogP contribution is 2.26. The molecule has 124 valence electrons. The summed E-state index contributed by atoms with van der Waals surface area (Å²) in [6.45, 7) is 2.08. The Balaban J connectivity index is 1.78. The molecule has 0 aliphatic rings. The first-order chi connectivity index (χ1) is 11.5. The summed E-state index contributed by atoms with van der Waals surface area (Å²) in [4.78, 5) is 2.05. The summed E-state index contributed by atoms with van der Waals surface area (Å²) in [5.41, 5.74) is 4.56. The van der Waals surface area contributed by atoms with Gasteiger partial charge in [-0.2, -0.15) is 0 Å². The zero-order chi connectivity index (χ0) is 17.1. The Bertz CT molecular complexity index is 824. The molecule has 0 unspecified atom stereocenters. The Kier molecular flexibility index (Phi) is 4.76. The van der Waals surface area contributed by atoms with Crippen LogP contribution in [0.2, 0.25) is 0 Å². The zero-order valence-corrected chi connectivity index (χ0v) is 14.9. The second kappa shape index (κ2) is 6.97. The van der Waals surface area contributed by atoms with E-state index >= 15 is 0 Å². The van der Waals surface area contributed by atoms with Gasteiger partial charge in [0.2, 0.25) is 5.16 Å². The number of nitrogens with zero attached hydrogens (tertiary/aromatic N) is 4. The molecule has 0 bridgehead atoms. The highest BCUT2D eigenvalue weighted by molar-refractivity contribution is 7.98. The van der Waals surface area contributed by atoms with Crippen molar-refractivity contribution in [2.45, 2.75) is 17.8 Å². The summed E-state index contributed by atoms with van der Waals surface area (Å²) in [5.74, 6) is 7.69. The van der Waals surface area contributed by atoms with Gasteiger partial charge in [0, 0.05) is 31.1 Å². The number of rotatable bonds is 5. The molecule has 0 atom stereocenters. The summed E-state index contributed by atoms with van der Waals surface area (Å²) >= 11 is 1.59. The van der Waals surface area contributed by atoms with Crippen molar-refractivity contribution in [2.75, 3.05) is 24.8 Å². The number of benzene rings is 2. The molecular weight excluding hydrogens is 318 g/mol. The van der Waals surface area contributed by atoms with Gasteiger partial charge in [0.25, 0.3) is 0 Å². The van der Waals surface area contributed by atoms with Crippen molar-refractivity contribution in [3.63, 3.8) is 0 Å². The predicted octanol–water partition coefficient (Wildman–Crippen LogP) is 3.33. The molecule has 0 amide bonds. The second-order valence-corrected chi connectivity index (χ2v) is 6.84. The number of hydrogen-bond acceptors (Lipinski definition) is 5. The van der Waals surface area contributed by atoms with E-state index in [1.165, 1.54) is 11.1 Å². The molecule has 1 heterocycles. The topological polar surface area (TPSA) is 60.0 Å². The minimum atomic E-state index is 0.671. The molecule has 2 N–H and O–H groups in total. The zero-order valence-electron chi connectivity index (χ0n) is 14.1. The fraction of sp³-hybridized carbons (Fsp3) is 0.222. The number of anilines is 1. The SMILES string of the molecule is Cc1ccc(CSc2nnc(-c3cccc(N(C)C)c3)n2N)cc1. The average Bonchev–Trinajstić information content (AvgIpc) is 2.95. The quantitative estimate of drug-likeness (QED) is 0.571. The first-order valence-corrected chi connectivity index (χ1v) is 8.70. The van der Waals surface area contributed by atoms with Gasteiger partial charge in [0.1, 0.15) is 0 Å². The van der Waals surface area contributed by atoms with Crippen molar-refractivity contribution in [1.29, 1.82) is 0 Å². The van der Waals surface area contributed by atoms with Crippen molar-refractivity contribution in [1.82, 2.24) is 14.9 Å². The summed E-state index contributed by atoms with van der Waals surface area (Å²) in [6, 6.07) is 16.6. The highest BCUT2D eigenvalue weighted by Gasteiger charge is 2.13. The molecule has 0 aliphatic heterocycles. The summed E-state index contributed by atoms with van der Waals surface area (Å²) in [5, 5.41) is 9.21. The van der Waals surface area contributed by atoms with Gasteiger partial charge >= 0.3 is 0 Å². The molecule has 0 saturated carbocycles. The van der Waals surface area contributed by atoms with Crippen LogP contribution < -0.4 is 10.7 Å². The molecule has 0 spiro atoms. The van der Waals surface area contributed by atoms with Gasteiger partial charge in [-0.25, -0.2) is 4.68 Å². The van der Waals surface area contributed by atoms with Crippen molar-refractivity contribution in [3.8, 4) is 11.4 Å². The minimum absolute atomic E-state index is 0.671. The van der Waals surface area contributed by atoms with Crippen LogP contribution in [-0.4, -0.2) is 29.0 Å². The third-order valence-electron chi connectivity index (χ3n) is 3.77. The lowest BCUT2D eigenvalue weighted by Gasteiger charge is -2.13. The molecule has 0 aliphatic carbocycles. The maximum atomic E-state index is 6.21. The molecular formula is C18H21N5S. The number of nitrogen functional groups attached to an aromatic ring is 1. The van der Waals surface area contributed by atoms with Crippen LogP contribution in [0.15, 0.2) is 53.7 Å². The van der Waals surface area contributed by atoms with Gasteiger partial charge in [-0.1, -0.05) is 53.7 Å². The van der Waals surface area contributed by atoms with Crippen LogP contribution in [0.1, 0.15) is 11.1 Å². The van der Waals surface area contributed by atoms with Gasteiger partial charge in [-0.05, 0) is 24.6 Å². The van der Waals surface area contributed by atoms with Gasteiger partial charge in [0.05, 0.1) is 0 Å². The van der Waals surface area contributed by atoms with E-state index in [0.717, 1.165) is 17.0 Å². The molecule has 1 aromatic heterocycles. The van der Waals surface area contributed by atoms with E-state index < -0.39 is 0 Å². The molecule has 0 radical (unpaired) electrons. The molecule has 5 nitrogen and oxygen atoms in total. The Morgan fingerprint density at radius 1 is 1.08 bits per heavy atom. The van der Waals surface area contributed by atoms with Crippen molar-refractivity contribution < 1.29 is 0 Å². The van der Waals surface area contributed by atoms with Gasteiger partial charge in [-0.3, -0.25) is 0 Å². The number of aryl methyl sites for hydroxylation is 1. The standard InChI is InChI=1S/C18H21N5S/c1-13-7-9-14(10-8-13)12-24-18-21-20-17(23(18)19)15-5-4-6-16(11-15)22(2)3/h4-11H,12,19H2,1-3H3. The second-order valence-electron chi connectivity index (χ2n) is 5.90. The first-order valence-electron chi connectivity index (χ1n) is 7.71. The predicted molar refractivity (Wildman–Crippen MR) is 101 cm³/mol. The van der Waals surface area contributed by atoms with Gasteiger partial charge < -0.3 is 10.7 Å². The largest absolute Gasteiger partial charge is 0.378 e. The molecule has 2 aromatic carbocycles. The minimum Gasteiger partial charge on any atom is -0.378 e. The van der Waals surface area contributed by atoms with E-state index in [4.69, 9.17) is 5.84 Å². The molecule has 6 heteroatoms. The lowest BCUT2D eigenvalue weighted by molar-refractivity contribution is 0.849. The van der Waals surface area contributed by atoms with E-state index in [0.29, 0.717) is 11.0 Å². The molecule has 0 fully saturated rings. The Morgan fingerprint density at radius 3 is 2.54 bits per heavy atom. The van der Waals surface area contributed by atoms with E-state index in [1.807, 2.05) is 37.2 Å². The lowest BCUT2D eigenvalue weighted by Crippen LogP contribution is -2.12. The Morgan fingerprint density at radius 2 is 1.83 bits per heavy atom. The summed E-state index contributed by atoms with van der Waals surface area (Å²) < 4.78 is 1.56. The maximum Gasteiger partial charge on any atom is 0.210 e. The van der Waals surface area contributed by atoms with E-state index in [1.54, 1.807) is 16.4 Å². The van der Waals surface area contributed by atoms with E-state index in [-0.39, 0.29) is 0 Å². The fourth-order valence-electron chi connectivity index (χ4n) is 2.33. The van der Waals surface area contributed by atoms with Crippen molar-refractivity contribution >= 4 is 17.4 Å². The van der Waals surface area contributed by atoms with Crippen LogP contribution in [0.3, 0.4) is 0 Å². The average molecular weight is 339 g/mol. The van der Waals surface area contributed by atoms with E-state index in [9.17, 15) is 0 Å². The van der Waals surface area contributed by atoms with Gasteiger partial charge in [-0.15, -0.1) is 10.2 Å². The molecule has 3 rings (SSSR count). The molecule has 0 saturated heterocycles. The van der Waals surface area contributed by atoms with Crippen LogP contribution in [0.5, 0.6) is 0 Å². The van der Waals surface area contributed by atoms with Crippen LogP contribution >= 0.6 is 11.8 Å². The Hall–Kier alpha value is -2.47. The van der Waals surface area contributed by atoms with Gasteiger partial charge in [0.15, 0.2) is 5.82 Å². The normalized spacial score (nSPS) is 10.8. The smallest absolute Gasteiger partial charge is 0.210 e. The van der Waals surface area contributed by atoms with Crippen molar-refractivity contribution in [3.05, 3.63) is 59.7 Å². The monoisotopic (exact) mass is 339 g/mol. The summed E-state index contributed by atoms with van der Waals surface area (Å²) in [7, 11) is 4.02.